The summed E-state index contributed by atoms with van der Waals surface area (Å²) in [6.45, 7) is 3.35. The van der Waals surface area contributed by atoms with Gasteiger partial charge in [0.05, 0.1) is 11.8 Å². The van der Waals surface area contributed by atoms with Gasteiger partial charge >= 0.3 is 17.9 Å². The fraction of sp³-hybridized carbons (Fsp3) is 0.811. The average Bonchev–Trinajstić information content (AvgIpc) is 3.44. The number of hydrogen-bond donors (Lipinski definition) is 0. The van der Waals surface area contributed by atoms with Crippen LogP contribution in [0.25, 0.3) is 0 Å². The fourth-order valence-electron chi connectivity index (χ4n) is 7.27. The van der Waals surface area contributed by atoms with Crippen LogP contribution in [-0.4, -0.2) is 63.3 Å². The normalized spacial score (nSPS) is 24.2. The van der Waals surface area contributed by atoms with Gasteiger partial charge in [0, 0.05) is 12.8 Å². The van der Waals surface area contributed by atoms with Crippen LogP contribution in [0.4, 0.5) is 0 Å². The number of rotatable bonds is 25. The number of fused-ring (bicyclic) bond motifs is 5. The SMILES string of the molecule is CCCCC/C=C\C/C=C\CCCCCCCC(=O)OCC(COC(=O)CCCN(C)C)COC(=O)C1C2C1[C@H]1CC[C@@H]2C1. The van der Waals surface area contributed by atoms with Crippen molar-refractivity contribution in [1.82, 2.24) is 4.90 Å². The van der Waals surface area contributed by atoms with E-state index in [1.165, 1.54) is 57.8 Å². The third-order valence-corrected chi connectivity index (χ3v) is 9.75. The zero-order chi connectivity index (χ0) is 31.6. The van der Waals surface area contributed by atoms with Crippen LogP contribution >= 0.6 is 0 Å². The second-order valence-electron chi connectivity index (χ2n) is 13.8. The molecule has 0 N–H and O–H groups in total. The minimum atomic E-state index is -0.347. The molecular weight excluding hydrogens is 554 g/mol. The molecule has 0 saturated heterocycles. The van der Waals surface area contributed by atoms with Gasteiger partial charge in [-0.2, -0.15) is 0 Å². The summed E-state index contributed by atoms with van der Waals surface area (Å²) in [6.07, 6.45) is 26.9. The molecule has 4 unspecified atom stereocenters. The Morgan fingerprint density at radius 2 is 1.25 bits per heavy atom. The van der Waals surface area contributed by atoms with Gasteiger partial charge in [0.25, 0.3) is 0 Å². The van der Waals surface area contributed by atoms with Crippen molar-refractivity contribution in [1.29, 1.82) is 0 Å². The molecule has 0 aliphatic heterocycles. The summed E-state index contributed by atoms with van der Waals surface area (Å²) in [5, 5.41) is 0. The van der Waals surface area contributed by atoms with Gasteiger partial charge in [-0.15, -0.1) is 0 Å². The van der Waals surface area contributed by atoms with Crippen molar-refractivity contribution < 1.29 is 28.6 Å². The minimum absolute atomic E-state index is 0.0521. The smallest absolute Gasteiger partial charge is 0.309 e. The molecule has 0 spiro atoms. The second kappa shape index (κ2) is 20.8. The number of unbranched alkanes of at least 4 members (excludes halogenated alkanes) is 8. The van der Waals surface area contributed by atoms with E-state index in [4.69, 9.17) is 14.2 Å². The van der Waals surface area contributed by atoms with Crippen LogP contribution in [0.2, 0.25) is 0 Å². The monoisotopic (exact) mass is 615 g/mol. The van der Waals surface area contributed by atoms with E-state index in [0.29, 0.717) is 36.5 Å². The fourth-order valence-corrected chi connectivity index (χ4v) is 7.27. The van der Waals surface area contributed by atoms with Crippen molar-refractivity contribution in [2.75, 3.05) is 40.5 Å². The van der Waals surface area contributed by atoms with Gasteiger partial charge in [0.15, 0.2) is 0 Å². The Labute approximate surface area is 267 Å². The van der Waals surface area contributed by atoms with Gasteiger partial charge in [-0.05, 0) is 109 Å². The Kier molecular flexibility index (Phi) is 17.2. The van der Waals surface area contributed by atoms with E-state index in [0.717, 1.165) is 45.1 Å². The maximum absolute atomic E-state index is 12.8. The molecule has 2 bridgehead atoms. The third kappa shape index (κ3) is 13.5. The Balaban J connectivity index is 1.25. The van der Waals surface area contributed by atoms with Gasteiger partial charge in [-0.3, -0.25) is 14.4 Å². The van der Waals surface area contributed by atoms with E-state index in [9.17, 15) is 14.4 Å². The molecule has 44 heavy (non-hydrogen) atoms. The van der Waals surface area contributed by atoms with Crippen molar-refractivity contribution in [3.8, 4) is 0 Å². The van der Waals surface area contributed by atoms with Crippen LogP contribution in [0, 0.1) is 35.5 Å². The van der Waals surface area contributed by atoms with Crippen LogP contribution in [-0.2, 0) is 28.6 Å². The highest BCUT2D eigenvalue weighted by Crippen LogP contribution is 2.69. The topological polar surface area (TPSA) is 82.1 Å². The molecule has 250 valence electrons. The first-order chi connectivity index (χ1) is 21.4. The molecule has 7 nitrogen and oxygen atoms in total. The highest BCUT2D eigenvalue weighted by atomic mass is 16.6. The average molecular weight is 616 g/mol. The van der Waals surface area contributed by atoms with E-state index in [1.54, 1.807) is 0 Å². The predicted octanol–water partition coefficient (Wildman–Crippen LogP) is 7.68. The zero-order valence-corrected chi connectivity index (χ0v) is 28.0. The summed E-state index contributed by atoms with van der Waals surface area (Å²) in [5.74, 6) is 1.54. The summed E-state index contributed by atoms with van der Waals surface area (Å²) in [7, 11) is 3.94. The van der Waals surface area contributed by atoms with E-state index in [1.807, 2.05) is 19.0 Å². The summed E-state index contributed by atoms with van der Waals surface area (Å²) < 4.78 is 16.8. The molecule has 3 aliphatic carbocycles. The van der Waals surface area contributed by atoms with Gasteiger partial charge in [0.1, 0.15) is 19.8 Å². The maximum Gasteiger partial charge on any atom is 0.309 e. The molecular formula is C37H61NO6. The molecule has 3 aliphatic rings. The Morgan fingerprint density at radius 3 is 1.86 bits per heavy atom. The highest BCUT2D eigenvalue weighted by molar-refractivity contribution is 5.77. The quantitative estimate of drug-likeness (QED) is 0.0451. The molecule has 7 heteroatoms. The van der Waals surface area contributed by atoms with Crippen molar-refractivity contribution in [3.05, 3.63) is 24.3 Å². The molecule has 0 aromatic rings. The van der Waals surface area contributed by atoms with Crippen LogP contribution in [0.5, 0.6) is 0 Å². The summed E-state index contributed by atoms with van der Waals surface area (Å²) in [6, 6.07) is 0. The number of hydrogen-bond acceptors (Lipinski definition) is 7. The van der Waals surface area contributed by atoms with Crippen molar-refractivity contribution in [2.24, 2.45) is 35.5 Å². The minimum Gasteiger partial charge on any atom is -0.465 e. The van der Waals surface area contributed by atoms with E-state index in [2.05, 4.69) is 31.2 Å². The zero-order valence-electron chi connectivity index (χ0n) is 28.0. The Bertz CT molecular complexity index is 898. The lowest BCUT2D eigenvalue weighted by Gasteiger charge is -2.18. The third-order valence-electron chi connectivity index (χ3n) is 9.75. The Morgan fingerprint density at radius 1 is 0.705 bits per heavy atom. The highest BCUT2D eigenvalue weighted by Gasteiger charge is 2.68. The maximum atomic E-state index is 12.8. The van der Waals surface area contributed by atoms with Gasteiger partial charge in [0.2, 0.25) is 0 Å². The number of carbonyl (C=O) groups is 3. The molecule has 3 saturated carbocycles. The molecule has 6 atom stereocenters. The van der Waals surface area contributed by atoms with Crippen molar-refractivity contribution >= 4 is 17.9 Å². The van der Waals surface area contributed by atoms with Crippen molar-refractivity contribution in [3.63, 3.8) is 0 Å². The number of esters is 3. The van der Waals surface area contributed by atoms with Crippen LogP contribution in [0.1, 0.15) is 116 Å². The van der Waals surface area contributed by atoms with Crippen LogP contribution in [0.15, 0.2) is 24.3 Å². The van der Waals surface area contributed by atoms with Gasteiger partial charge in [-0.1, -0.05) is 63.3 Å². The lowest BCUT2D eigenvalue weighted by atomic mass is 10.0. The summed E-state index contributed by atoms with van der Waals surface area (Å²) in [5.41, 5.74) is 0. The predicted molar refractivity (Wildman–Crippen MR) is 175 cm³/mol. The molecule has 0 amide bonds. The summed E-state index contributed by atoms with van der Waals surface area (Å²) >= 11 is 0. The number of ether oxygens (including phenoxy) is 3. The molecule has 0 radical (unpaired) electrons. The molecule has 0 aromatic carbocycles. The molecule has 0 aromatic heterocycles. The first kappa shape index (κ1) is 36.3. The van der Waals surface area contributed by atoms with E-state index < -0.39 is 0 Å². The van der Waals surface area contributed by atoms with Crippen LogP contribution in [0.3, 0.4) is 0 Å². The van der Waals surface area contributed by atoms with Gasteiger partial charge in [-0.25, -0.2) is 0 Å². The lowest BCUT2D eigenvalue weighted by Crippen LogP contribution is -2.27. The second-order valence-corrected chi connectivity index (χ2v) is 13.8. The molecule has 0 heterocycles. The molecule has 3 rings (SSSR count). The Hall–Kier alpha value is -2.15. The van der Waals surface area contributed by atoms with E-state index >= 15 is 0 Å². The summed E-state index contributed by atoms with van der Waals surface area (Å²) in [4.78, 5) is 39.5. The first-order valence-electron chi connectivity index (χ1n) is 17.8. The van der Waals surface area contributed by atoms with Crippen LogP contribution < -0.4 is 0 Å². The number of allylic oxidation sites excluding steroid dienone is 4. The number of nitrogens with zero attached hydrogens (tertiary/aromatic N) is 1. The largest absolute Gasteiger partial charge is 0.465 e. The van der Waals surface area contributed by atoms with Gasteiger partial charge < -0.3 is 19.1 Å². The molecule has 3 fully saturated rings. The van der Waals surface area contributed by atoms with E-state index in [-0.39, 0.29) is 49.6 Å². The first-order valence-corrected chi connectivity index (χ1v) is 17.8. The lowest BCUT2D eigenvalue weighted by molar-refractivity contribution is -0.154. The standard InChI is InChI=1S/C37H61NO6/c1-4-5-6-7-8-9-10-11-12-13-14-15-16-17-18-20-32(39)42-26-29(27-43-33(40)21-19-24-38(2)3)28-44-37(41)36-34-30-22-23-31(25-30)35(34)36/h8-9,11-12,29-31,34-36H,4-7,10,13-28H2,1-3H3/b9-8-,12-11-/t29?,30-,31+,34?,35?,36?. The number of carbonyl (C=O) groups excluding carboxylic acids is 3. The van der Waals surface area contributed by atoms with Crippen molar-refractivity contribution in [2.45, 2.75) is 116 Å².